The maximum Gasteiger partial charge on any atom is 0.341 e. The molecule has 0 unspecified atom stereocenters. The summed E-state index contributed by atoms with van der Waals surface area (Å²) < 4.78 is 10.3. The van der Waals surface area contributed by atoms with Crippen LogP contribution in [0, 0.1) is 0 Å². The molecule has 0 aromatic heterocycles. The zero-order valence-corrected chi connectivity index (χ0v) is 13.9. The Morgan fingerprint density at radius 3 is 2.44 bits per heavy atom. The molecule has 2 aromatic carbocycles. The number of carboxylic acids is 1. The molecule has 2 aromatic rings. The maximum absolute atomic E-state index is 12.0. The minimum absolute atomic E-state index is 0.312. The van der Waals surface area contributed by atoms with Crippen molar-refractivity contribution >= 4 is 17.6 Å². The van der Waals surface area contributed by atoms with Gasteiger partial charge in [0.1, 0.15) is 0 Å². The topological polar surface area (TPSA) is 97.2 Å². The van der Waals surface area contributed by atoms with E-state index >= 15 is 0 Å². The van der Waals surface area contributed by atoms with Gasteiger partial charge in [-0.15, -0.1) is 0 Å². The minimum atomic E-state index is -1.08. The van der Waals surface area contributed by atoms with Crippen LogP contribution < -0.4 is 14.9 Å². The summed E-state index contributed by atoms with van der Waals surface area (Å²) in [5.74, 6) is -0.696. The van der Waals surface area contributed by atoms with Crippen molar-refractivity contribution in [1.82, 2.24) is 5.43 Å². The van der Waals surface area contributed by atoms with Crippen LogP contribution in [0.4, 0.5) is 0 Å². The molecule has 0 atom stereocenters. The van der Waals surface area contributed by atoms with E-state index in [1.165, 1.54) is 7.11 Å². The highest BCUT2D eigenvalue weighted by Gasteiger charge is 2.10. The summed E-state index contributed by atoms with van der Waals surface area (Å²) in [6.07, 6.45) is 0. The van der Waals surface area contributed by atoms with Crippen molar-refractivity contribution in [3.63, 3.8) is 0 Å². The molecule has 0 aliphatic carbocycles. The van der Waals surface area contributed by atoms with Gasteiger partial charge in [0.25, 0.3) is 5.91 Å². The summed E-state index contributed by atoms with van der Waals surface area (Å²) >= 11 is 0. The molecule has 0 heterocycles. The fourth-order valence-electron chi connectivity index (χ4n) is 2.00. The summed E-state index contributed by atoms with van der Waals surface area (Å²) in [5, 5.41) is 12.7. The van der Waals surface area contributed by atoms with E-state index in [0.29, 0.717) is 28.3 Å². The number of hydrogen-bond donors (Lipinski definition) is 2. The van der Waals surface area contributed by atoms with Crippen LogP contribution >= 0.6 is 0 Å². The Balaban J connectivity index is 2.11. The first-order valence-electron chi connectivity index (χ1n) is 7.44. The number of carbonyl (C=O) groups excluding carboxylic acids is 1. The zero-order chi connectivity index (χ0) is 18.2. The molecule has 0 radical (unpaired) electrons. The van der Waals surface area contributed by atoms with Gasteiger partial charge in [-0.25, -0.2) is 10.2 Å². The third-order valence-corrected chi connectivity index (χ3v) is 3.29. The molecule has 0 aliphatic rings. The monoisotopic (exact) mass is 342 g/mol. The number of nitrogens with one attached hydrogen (secondary N) is 1. The van der Waals surface area contributed by atoms with Crippen molar-refractivity contribution < 1.29 is 24.2 Å². The van der Waals surface area contributed by atoms with E-state index in [2.05, 4.69) is 10.5 Å². The smallest absolute Gasteiger partial charge is 0.341 e. The van der Waals surface area contributed by atoms with Crippen molar-refractivity contribution in [2.75, 3.05) is 13.7 Å². The van der Waals surface area contributed by atoms with E-state index in [4.69, 9.17) is 14.6 Å². The number of ether oxygens (including phenoxy) is 2. The van der Waals surface area contributed by atoms with Crippen molar-refractivity contribution in [3.05, 3.63) is 59.7 Å². The van der Waals surface area contributed by atoms with Crippen LogP contribution in [0.2, 0.25) is 0 Å². The second-order valence-corrected chi connectivity index (χ2v) is 5.05. The van der Waals surface area contributed by atoms with Crippen LogP contribution in [0.5, 0.6) is 11.5 Å². The molecule has 7 heteroatoms. The first-order valence-corrected chi connectivity index (χ1v) is 7.44. The number of carbonyl (C=O) groups is 2. The molecule has 0 bridgehead atoms. The van der Waals surface area contributed by atoms with Gasteiger partial charge in [0.2, 0.25) is 0 Å². The molecular weight excluding hydrogens is 324 g/mol. The highest BCUT2D eigenvalue weighted by molar-refractivity contribution is 6.01. The lowest BCUT2D eigenvalue weighted by atomic mass is 10.1. The molecule has 0 spiro atoms. The highest BCUT2D eigenvalue weighted by atomic mass is 16.5. The summed E-state index contributed by atoms with van der Waals surface area (Å²) in [6, 6.07) is 13.7. The molecule has 0 saturated heterocycles. The molecular formula is C18H18N2O5. The Labute approximate surface area is 144 Å². The Kier molecular flexibility index (Phi) is 6.11. The fraction of sp³-hybridized carbons (Fsp3) is 0.167. The number of carboxylic acid groups (broad SMARTS) is 1. The van der Waals surface area contributed by atoms with E-state index in [9.17, 15) is 9.59 Å². The van der Waals surface area contributed by atoms with Crippen molar-refractivity contribution in [2.24, 2.45) is 5.10 Å². The van der Waals surface area contributed by atoms with Gasteiger partial charge in [-0.05, 0) is 37.3 Å². The lowest BCUT2D eigenvalue weighted by Crippen LogP contribution is -2.19. The van der Waals surface area contributed by atoms with Crippen LogP contribution in [0.25, 0.3) is 0 Å². The molecule has 0 aliphatic heterocycles. The summed E-state index contributed by atoms with van der Waals surface area (Å²) in [4.78, 5) is 22.6. The Morgan fingerprint density at radius 1 is 1.08 bits per heavy atom. The van der Waals surface area contributed by atoms with Gasteiger partial charge < -0.3 is 14.6 Å². The third-order valence-electron chi connectivity index (χ3n) is 3.29. The molecule has 25 heavy (non-hydrogen) atoms. The van der Waals surface area contributed by atoms with Crippen LogP contribution in [-0.2, 0) is 4.79 Å². The summed E-state index contributed by atoms with van der Waals surface area (Å²) in [6.45, 7) is 1.27. The normalized spacial score (nSPS) is 10.9. The first-order chi connectivity index (χ1) is 12.0. The number of rotatable bonds is 7. The number of benzene rings is 2. The number of methoxy groups -OCH3 is 1. The number of hydrazone groups is 1. The van der Waals surface area contributed by atoms with Gasteiger partial charge in [-0.1, -0.05) is 18.2 Å². The lowest BCUT2D eigenvalue weighted by molar-refractivity contribution is -0.139. The Bertz CT molecular complexity index is 787. The van der Waals surface area contributed by atoms with Crippen molar-refractivity contribution in [2.45, 2.75) is 6.92 Å². The van der Waals surface area contributed by atoms with Crippen LogP contribution in [-0.4, -0.2) is 36.4 Å². The molecule has 130 valence electrons. The molecule has 2 rings (SSSR count). The second-order valence-electron chi connectivity index (χ2n) is 5.05. The zero-order valence-electron chi connectivity index (χ0n) is 13.9. The van der Waals surface area contributed by atoms with Crippen molar-refractivity contribution in [3.8, 4) is 11.5 Å². The number of hydrogen-bond acceptors (Lipinski definition) is 5. The largest absolute Gasteiger partial charge is 0.493 e. The second kappa shape index (κ2) is 8.49. The first kappa shape index (κ1) is 18.0. The SMILES string of the molecule is COc1cc(/C(C)=N\NC(=O)c2ccccc2)ccc1OCC(=O)O. The molecule has 7 nitrogen and oxygen atoms in total. The average Bonchev–Trinajstić information content (AvgIpc) is 2.64. The van der Waals surface area contributed by atoms with Crippen LogP contribution in [0.15, 0.2) is 53.6 Å². The van der Waals surface area contributed by atoms with E-state index in [-0.39, 0.29) is 5.91 Å². The fourth-order valence-corrected chi connectivity index (χ4v) is 2.00. The Hall–Kier alpha value is -3.35. The lowest BCUT2D eigenvalue weighted by Gasteiger charge is -2.11. The van der Waals surface area contributed by atoms with Gasteiger partial charge in [0.15, 0.2) is 18.1 Å². The molecule has 0 saturated carbocycles. The van der Waals surface area contributed by atoms with E-state index in [0.717, 1.165) is 0 Å². The van der Waals surface area contributed by atoms with Crippen LogP contribution in [0.1, 0.15) is 22.8 Å². The number of aliphatic carboxylic acids is 1. The predicted octanol–water partition coefficient (Wildman–Crippen LogP) is 2.31. The maximum atomic E-state index is 12.0. The van der Waals surface area contributed by atoms with Gasteiger partial charge >= 0.3 is 5.97 Å². The summed E-state index contributed by atoms with van der Waals surface area (Å²) in [7, 11) is 1.45. The number of amides is 1. The standard InChI is InChI=1S/C18H18N2O5/c1-12(19-20-18(23)13-6-4-3-5-7-13)14-8-9-15(16(10-14)24-2)25-11-17(21)22/h3-10H,11H2,1-2H3,(H,20,23)(H,21,22)/b19-12-. The van der Waals surface area contributed by atoms with Gasteiger partial charge in [0, 0.05) is 11.1 Å². The average molecular weight is 342 g/mol. The third kappa shape index (κ3) is 5.07. The van der Waals surface area contributed by atoms with E-state index in [1.54, 1.807) is 49.4 Å². The van der Waals surface area contributed by atoms with Crippen molar-refractivity contribution in [1.29, 1.82) is 0 Å². The van der Waals surface area contributed by atoms with E-state index < -0.39 is 12.6 Å². The molecule has 2 N–H and O–H groups in total. The van der Waals surface area contributed by atoms with Gasteiger partial charge in [-0.2, -0.15) is 5.10 Å². The minimum Gasteiger partial charge on any atom is -0.493 e. The predicted molar refractivity (Wildman–Crippen MR) is 92.2 cm³/mol. The quantitative estimate of drug-likeness (QED) is 0.594. The van der Waals surface area contributed by atoms with Gasteiger partial charge in [0.05, 0.1) is 12.8 Å². The summed E-state index contributed by atoms with van der Waals surface area (Å²) in [5.41, 5.74) is 4.26. The van der Waals surface area contributed by atoms with E-state index in [1.807, 2.05) is 6.07 Å². The number of nitrogens with zero attached hydrogens (tertiary/aromatic N) is 1. The highest BCUT2D eigenvalue weighted by Crippen LogP contribution is 2.28. The molecule has 1 amide bonds. The molecule has 0 fully saturated rings. The Morgan fingerprint density at radius 2 is 1.80 bits per heavy atom. The van der Waals surface area contributed by atoms with Crippen LogP contribution in [0.3, 0.4) is 0 Å². The van der Waals surface area contributed by atoms with Gasteiger partial charge in [-0.3, -0.25) is 4.79 Å².